The number of unbranched alkanes of at least 4 members (excludes halogenated alkanes) is 2. The lowest BCUT2D eigenvalue weighted by atomic mass is 10.2. The molecule has 152 valence electrons. The highest BCUT2D eigenvalue weighted by Gasteiger charge is 2.45. The fraction of sp³-hybridized carbons (Fsp3) is 0.833. The molecule has 0 spiro atoms. The fourth-order valence-electron chi connectivity index (χ4n) is 2.42. The van der Waals surface area contributed by atoms with Crippen molar-refractivity contribution < 1.29 is 23.2 Å². The summed E-state index contributed by atoms with van der Waals surface area (Å²) in [5.41, 5.74) is -1.19. The summed E-state index contributed by atoms with van der Waals surface area (Å²) < 4.78 is 24.9. The predicted molar refractivity (Wildman–Crippen MR) is 105 cm³/mol. The van der Waals surface area contributed by atoms with Crippen LogP contribution in [0.1, 0.15) is 67.2 Å². The first-order valence-corrected chi connectivity index (χ1v) is 11.1. The molecule has 0 aliphatic carbocycles. The van der Waals surface area contributed by atoms with E-state index < -0.39 is 19.2 Å². The number of ketones is 1. The normalized spacial score (nSPS) is 13.5. The van der Waals surface area contributed by atoms with Gasteiger partial charge in [-0.1, -0.05) is 26.7 Å². The highest BCUT2D eigenvalue weighted by molar-refractivity contribution is 7.57. The minimum Gasteiger partial charge on any atom is -0.359 e. The quantitative estimate of drug-likeness (QED) is 0.204. The molecule has 0 N–H and O–H groups in total. The summed E-state index contributed by atoms with van der Waals surface area (Å²) in [6.45, 7) is 11.9. The molecule has 26 heavy (non-hydrogen) atoms. The van der Waals surface area contributed by atoms with Gasteiger partial charge < -0.3 is 13.9 Å². The maximum absolute atomic E-state index is 13.6. The third kappa shape index (κ3) is 8.11. The number of carbonyl (C=O) groups excluding carboxylic acids is 2. The third-order valence-corrected chi connectivity index (χ3v) is 6.16. The molecule has 0 radical (unpaired) electrons. The molecule has 8 heteroatoms. The Balaban J connectivity index is 6.01. The molecule has 0 fully saturated rings. The lowest BCUT2D eigenvalue weighted by Gasteiger charge is -2.32. The molecule has 0 aromatic rings. The number of hydrogen-bond acceptors (Lipinski definition) is 5. The summed E-state index contributed by atoms with van der Waals surface area (Å²) >= 11 is 0. The second-order valence-electron chi connectivity index (χ2n) is 6.09. The van der Waals surface area contributed by atoms with Crippen molar-refractivity contribution in [2.45, 2.75) is 72.9 Å². The number of rotatable bonds is 13. The largest absolute Gasteiger partial charge is 0.359 e. The van der Waals surface area contributed by atoms with E-state index in [-0.39, 0.29) is 24.8 Å². The van der Waals surface area contributed by atoms with E-state index in [1.807, 2.05) is 27.7 Å². The molecule has 1 unspecified atom stereocenters. The summed E-state index contributed by atoms with van der Waals surface area (Å²) in [4.78, 5) is 29.9. The van der Waals surface area contributed by atoms with Crippen LogP contribution < -0.4 is 0 Å². The molecule has 1 atom stereocenters. The molecule has 1 amide bonds. The van der Waals surface area contributed by atoms with Crippen molar-refractivity contribution >= 4 is 25.1 Å². The van der Waals surface area contributed by atoms with Crippen LogP contribution >= 0.6 is 7.60 Å². The van der Waals surface area contributed by atoms with Crippen molar-refractivity contribution in [2.24, 2.45) is 4.99 Å². The Labute approximate surface area is 158 Å². The summed E-state index contributed by atoms with van der Waals surface area (Å²) in [6, 6.07) is 0. The van der Waals surface area contributed by atoms with Crippen LogP contribution in [0.25, 0.3) is 0 Å². The summed E-state index contributed by atoms with van der Waals surface area (Å²) in [5, 5.41) is 0. The lowest BCUT2D eigenvalue weighted by Crippen LogP contribution is -2.43. The zero-order chi connectivity index (χ0) is 20.2. The number of nitrogens with zero attached hydrogens (tertiary/aromatic N) is 2. The van der Waals surface area contributed by atoms with Crippen LogP contribution in [0.3, 0.4) is 0 Å². The van der Waals surface area contributed by atoms with E-state index in [2.05, 4.69) is 4.99 Å². The smallest absolute Gasteiger partial charge is 0.348 e. The lowest BCUT2D eigenvalue weighted by molar-refractivity contribution is -0.116. The Kier molecular flexibility index (Phi) is 12.7. The molecule has 0 rings (SSSR count). The highest BCUT2D eigenvalue weighted by Crippen LogP contribution is 2.54. The minimum atomic E-state index is -3.81. The molecule has 7 nitrogen and oxygen atoms in total. The molecule has 0 aromatic carbocycles. The van der Waals surface area contributed by atoms with Gasteiger partial charge in [0, 0.05) is 20.0 Å². The second kappa shape index (κ2) is 13.2. The average molecular weight is 390 g/mol. The van der Waals surface area contributed by atoms with Gasteiger partial charge in [0.15, 0.2) is 11.4 Å². The number of aliphatic imine (C=N–C) groups is 1. The first-order valence-electron chi connectivity index (χ1n) is 9.50. The van der Waals surface area contributed by atoms with Gasteiger partial charge in [0.25, 0.3) is 0 Å². The van der Waals surface area contributed by atoms with E-state index in [9.17, 15) is 14.2 Å². The van der Waals surface area contributed by atoms with E-state index in [4.69, 9.17) is 9.05 Å². The average Bonchev–Trinajstić information content (AvgIpc) is 2.55. The van der Waals surface area contributed by atoms with Crippen molar-refractivity contribution in [3.05, 3.63) is 0 Å². The van der Waals surface area contributed by atoms with Gasteiger partial charge in [0.1, 0.15) is 5.84 Å². The van der Waals surface area contributed by atoms with Crippen LogP contribution in [0.15, 0.2) is 4.99 Å². The van der Waals surface area contributed by atoms with Crippen LogP contribution in [0.5, 0.6) is 0 Å². The first-order chi connectivity index (χ1) is 12.3. The Morgan fingerprint density at radius 1 is 0.962 bits per heavy atom. The van der Waals surface area contributed by atoms with E-state index in [1.54, 1.807) is 4.90 Å². The highest BCUT2D eigenvalue weighted by atomic mass is 31.2. The molecule has 0 saturated carbocycles. The minimum absolute atomic E-state index is 0.173. The Hall–Kier alpha value is -1.04. The van der Waals surface area contributed by atoms with Crippen molar-refractivity contribution in [3.8, 4) is 0 Å². The van der Waals surface area contributed by atoms with Crippen LogP contribution in [-0.2, 0) is 23.2 Å². The number of Topliss-reactive ketones (excluding diaryl/α,β-unsaturated/α-hetero) is 1. The van der Waals surface area contributed by atoms with E-state index in [0.717, 1.165) is 12.8 Å². The van der Waals surface area contributed by atoms with E-state index in [0.29, 0.717) is 25.9 Å². The number of carbonyl (C=O) groups is 2. The second-order valence-corrected chi connectivity index (χ2v) is 8.20. The van der Waals surface area contributed by atoms with Crippen LogP contribution in [0.2, 0.25) is 0 Å². The van der Waals surface area contributed by atoms with Gasteiger partial charge in [0.05, 0.1) is 13.2 Å². The summed E-state index contributed by atoms with van der Waals surface area (Å²) in [7, 11) is -3.81. The van der Waals surface area contributed by atoms with Gasteiger partial charge in [-0.2, -0.15) is 4.99 Å². The number of amidine groups is 1. The number of hydrogen-bond donors (Lipinski definition) is 0. The fourth-order valence-corrected chi connectivity index (χ4v) is 4.51. The molecule has 0 aliphatic rings. The van der Waals surface area contributed by atoms with Crippen LogP contribution in [0.4, 0.5) is 0 Å². The van der Waals surface area contributed by atoms with Crippen molar-refractivity contribution in [3.63, 3.8) is 0 Å². The molecule has 0 bridgehead atoms. The number of amides is 1. The maximum atomic E-state index is 13.6. The van der Waals surface area contributed by atoms with Crippen LogP contribution in [0, 0.1) is 0 Å². The van der Waals surface area contributed by atoms with Gasteiger partial charge in [-0.25, -0.2) is 0 Å². The molecule has 0 aliphatic heterocycles. The third-order valence-electron chi connectivity index (χ3n) is 3.84. The molecular weight excluding hydrogens is 355 g/mol. The van der Waals surface area contributed by atoms with Gasteiger partial charge in [-0.3, -0.25) is 14.2 Å². The topological polar surface area (TPSA) is 85.3 Å². The summed E-state index contributed by atoms with van der Waals surface area (Å²) in [5.74, 6) is -0.661. The zero-order valence-electron chi connectivity index (χ0n) is 17.1. The molecular formula is C18H35N2O5P. The Bertz CT molecular complexity index is 504. The van der Waals surface area contributed by atoms with Crippen molar-refractivity contribution in [1.82, 2.24) is 4.90 Å². The Morgan fingerprint density at radius 2 is 1.42 bits per heavy atom. The molecule has 0 saturated heterocycles. The standard InChI is InChI=1S/C18H35N2O5P/c1-7-11-13-24-26(23,25-14-12-8-2)17(15(5)21)18(19-16(6)22)20(9-3)10-4/h17H,7-14H2,1-6H3. The van der Waals surface area contributed by atoms with E-state index in [1.165, 1.54) is 13.8 Å². The van der Waals surface area contributed by atoms with Crippen LogP contribution in [-0.4, -0.2) is 54.4 Å². The monoisotopic (exact) mass is 390 g/mol. The van der Waals surface area contributed by atoms with Crippen molar-refractivity contribution in [2.75, 3.05) is 26.3 Å². The van der Waals surface area contributed by atoms with Gasteiger partial charge >= 0.3 is 7.60 Å². The zero-order valence-corrected chi connectivity index (χ0v) is 18.0. The Morgan fingerprint density at radius 3 is 1.73 bits per heavy atom. The maximum Gasteiger partial charge on any atom is 0.348 e. The van der Waals surface area contributed by atoms with Crippen molar-refractivity contribution in [1.29, 1.82) is 0 Å². The van der Waals surface area contributed by atoms with Gasteiger partial charge in [-0.15, -0.1) is 0 Å². The predicted octanol–water partition coefficient (Wildman–Crippen LogP) is 4.06. The first kappa shape index (κ1) is 25.0. The molecule has 0 aromatic heterocycles. The van der Waals surface area contributed by atoms with Gasteiger partial charge in [0.2, 0.25) is 5.91 Å². The summed E-state index contributed by atoms with van der Waals surface area (Å²) in [6.07, 6.45) is 3.14. The molecule has 0 heterocycles. The SMILES string of the molecule is CCCCOP(=O)(OCCCC)C(C(C)=O)C(=NC(C)=O)N(CC)CC. The van der Waals surface area contributed by atoms with Gasteiger partial charge in [-0.05, 0) is 33.6 Å². The van der Waals surface area contributed by atoms with E-state index >= 15 is 0 Å².